The molecule has 3 nitrogen and oxygen atoms in total. The fourth-order valence-corrected chi connectivity index (χ4v) is 2.84. The third-order valence-corrected chi connectivity index (χ3v) is 3.43. The molecule has 3 heteroatoms. The van der Waals surface area contributed by atoms with E-state index in [4.69, 9.17) is 0 Å². The highest BCUT2D eigenvalue weighted by atomic mass is 16.3. The van der Waals surface area contributed by atoms with Crippen molar-refractivity contribution in [3.63, 3.8) is 0 Å². The summed E-state index contributed by atoms with van der Waals surface area (Å²) < 4.78 is 0. The number of anilines is 2. The maximum Gasteiger partial charge on any atom is 0.139 e. The van der Waals surface area contributed by atoms with Crippen molar-refractivity contribution in [2.45, 2.75) is 58.5 Å². The maximum atomic E-state index is 10.1. The summed E-state index contributed by atoms with van der Waals surface area (Å²) in [6.45, 7) is 10.8. The summed E-state index contributed by atoms with van der Waals surface area (Å²) in [6.07, 6.45) is 1.08. The normalized spacial score (nSPS) is 21.3. The van der Waals surface area contributed by atoms with E-state index in [1.54, 1.807) is 0 Å². The molecule has 1 aromatic carbocycles. The lowest BCUT2D eigenvalue weighted by atomic mass is 9.82. The Morgan fingerprint density at radius 2 is 2.06 bits per heavy atom. The van der Waals surface area contributed by atoms with E-state index in [-0.39, 0.29) is 5.54 Å². The Kier molecular flexibility index (Phi) is 3.18. The molecule has 1 heterocycles. The van der Waals surface area contributed by atoms with Gasteiger partial charge in [0.25, 0.3) is 0 Å². The van der Waals surface area contributed by atoms with Crippen molar-refractivity contribution < 1.29 is 5.11 Å². The minimum Gasteiger partial charge on any atom is -0.506 e. The lowest BCUT2D eigenvalue weighted by Gasteiger charge is -2.38. The highest BCUT2D eigenvalue weighted by molar-refractivity contribution is 5.70. The number of nitrogens with one attached hydrogen (secondary N) is 2. The fraction of sp³-hybridized carbons (Fsp3) is 0.600. The van der Waals surface area contributed by atoms with Gasteiger partial charge in [-0.3, -0.25) is 0 Å². The van der Waals surface area contributed by atoms with Gasteiger partial charge in [0.2, 0.25) is 0 Å². The van der Waals surface area contributed by atoms with Gasteiger partial charge in [0, 0.05) is 17.3 Å². The number of phenols is 1. The van der Waals surface area contributed by atoms with Crippen LogP contribution in [0.3, 0.4) is 0 Å². The predicted octanol–water partition coefficient (Wildman–Crippen LogP) is 3.91. The molecule has 1 aromatic rings. The van der Waals surface area contributed by atoms with E-state index < -0.39 is 0 Å². The zero-order valence-corrected chi connectivity index (χ0v) is 12.0. The Morgan fingerprint density at radius 1 is 1.39 bits per heavy atom. The molecule has 0 saturated heterocycles. The van der Waals surface area contributed by atoms with Gasteiger partial charge in [0.05, 0.1) is 5.69 Å². The van der Waals surface area contributed by atoms with Crippen LogP contribution < -0.4 is 10.6 Å². The Bertz CT molecular complexity index is 452. The van der Waals surface area contributed by atoms with Crippen molar-refractivity contribution in [1.29, 1.82) is 0 Å². The first-order valence-electron chi connectivity index (χ1n) is 6.70. The highest BCUT2D eigenvalue weighted by Crippen LogP contribution is 2.42. The van der Waals surface area contributed by atoms with Gasteiger partial charge in [-0.2, -0.15) is 0 Å². The molecule has 100 valence electrons. The van der Waals surface area contributed by atoms with Crippen LogP contribution in [-0.2, 0) is 0 Å². The number of rotatable bonds is 2. The van der Waals surface area contributed by atoms with Gasteiger partial charge >= 0.3 is 0 Å². The van der Waals surface area contributed by atoms with Crippen LogP contribution in [0.4, 0.5) is 11.4 Å². The number of aromatic hydroxyl groups is 1. The molecule has 0 bridgehead atoms. The van der Waals surface area contributed by atoms with Gasteiger partial charge in [-0.1, -0.05) is 6.92 Å². The number of phenolic OH excluding ortho intramolecular Hbond substituents is 1. The number of fused-ring (bicyclic) bond motifs is 1. The van der Waals surface area contributed by atoms with Gasteiger partial charge in [0.15, 0.2) is 0 Å². The molecule has 0 unspecified atom stereocenters. The minimum atomic E-state index is 0.110. The third-order valence-electron chi connectivity index (χ3n) is 3.43. The fourth-order valence-electron chi connectivity index (χ4n) is 2.84. The average Bonchev–Trinajstić information content (AvgIpc) is 2.18. The molecular weight excluding hydrogens is 224 g/mol. The molecule has 0 radical (unpaired) electrons. The molecule has 0 spiro atoms. The van der Waals surface area contributed by atoms with E-state index in [1.165, 1.54) is 5.56 Å². The Labute approximate surface area is 110 Å². The van der Waals surface area contributed by atoms with Gasteiger partial charge in [-0.15, -0.1) is 0 Å². The molecule has 0 aromatic heterocycles. The molecule has 2 rings (SSSR count). The summed E-state index contributed by atoms with van der Waals surface area (Å²) in [6, 6.07) is 4.23. The second-order valence-electron chi connectivity index (χ2n) is 6.37. The van der Waals surface area contributed by atoms with Crippen LogP contribution in [0.1, 0.15) is 52.5 Å². The lowest BCUT2D eigenvalue weighted by Crippen LogP contribution is -2.36. The molecule has 1 aliphatic heterocycles. The van der Waals surface area contributed by atoms with Crippen LogP contribution in [-0.4, -0.2) is 16.7 Å². The van der Waals surface area contributed by atoms with E-state index in [9.17, 15) is 5.11 Å². The summed E-state index contributed by atoms with van der Waals surface area (Å²) in [4.78, 5) is 0. The van der Waals surface area contributed by atoms with E-state index in [1.807, 2.05) is 12.1 Å². The van der Waals surface area contributed by atoms with Gasteiger partial charge in [-0.05, 0) is 57.7 Å². The van der Waals surface area contributed by atoms with Crippen molar-refractivity contribution in [3.8, 4) is 5.75 Å². The van der Waals surface area contributed by atoms with Crippen molar-refractivity contribution >= 4 is 11.4 Å². The SMILES string of the molecule is CC(C)Nc1cc2c(cc1O)[C@H](C)CC(C)(C)N2. The highest BCUT2D eigenvalue weighted by Gasteiger charge is 2.30. The summed E-state index contributed by atoms with van der Waals surface area (Å²) in [5.74, 6) is 0.811. The molecule has 0 saturated carbocycles. The molecule has 1 atom stereocenters. The zero-order valence-electron chi connectivity index (χ0n) is 12.0. The Hall–Kier alpha value is -1.38. The quantitative estimate of drug-likeness (QED) is 0.549. The van der Waals surface area contributed by atoms with Gasteiger partial charge in [0.1, 0.15) is 5.75 Å². The second kappa shape index (κ2) is 4.38. The van der Waals surface area contributed by atoms with Crippen LogP contribution in [0.2, 0.25) is 0 Å². The van der Waals surface area contributed by atoms with E-state index in [0.29, 0.717) is 17.7 Å². The smallest absolute Gasteiger partial charge is 0.139 e. The van der Waals surface area contributed by atoms with Gasteiger partial charge in [-0.25, -0.2) is 0 Å². The Balaban J connectivity index is 2.41. The van der Waals surface area contributed by atoms with Crippen molar-refractivity contribution in [2.24, 2.45) is 0 Å². The largest absolute Gasteiger partial charge is 0.506 e. The molecule has 0 fully saturated rings. The maximum absolute atomic E-state index is 10.1. The second-order valence-corrected chi connectivity index (χ2v) is 6.37. The molecule has 3 N–H and O–H groups in total. The van der Waals surface area contributed by atoms with Crippen molar-refractivity contribution in [2.75, 3.05) is 10.6 Å². The lowest BCUT2D eigenvalue weighted by molar-refractivity contribution is 0.446. The Morgan fingerprint density at radius 3 is 2.67 bits per heavy atom. The molecule has 0 aliphatic carbocycles. The predicted molar refractivity (Wildman–Crippen MR) is 77.6 cm³/mol. The van der Waals surface area contributed by atoms with Gasteiger partial charge < -0.3 is 15.7 Å². The minimum absolute atomic E-state index is 0.110. The van der Waals surface area contributed by atoms with Crippen LogP contribution in [0.15, 0.2) is 12.1 Å². The standard InChI is InChI=1S/C15H24N2O/c1-9(2)16-13-7-12-11(6-14(13)18)10(3)8-15(4,5)17-12/h6-7,9-10,16-18H,8H2,1-5H3/t10-/m1/s1. The molecule has 1 aliphatic rings. The molecule has 18 heavy (non-hydrogen) atoms. The summed E-state index contributed by atoms with van der Waals surface area (Å²) in [5, 5.41) is 16.9. The number of benzene rings is 1. The van der Waals surface area contributed by atoms with E-state index in [0.717, 1.165) is 17.8 Å². The zero-order chi connectivity index (χ0) is 13.5. The number of hydrogen-bond acceptors (Lipinski definition) is 3. The first kappa shape index (κ1) is 13.1. The van der Waals surface area contributed by atoms with Crippen LogP contribution >= 0.6 is 0 Å². The molecule has 0 amide bonds. The average molecular weight is 248 g/mol. The monoisotopic (exact) mass is 248 g/mol. The topological polar surface area (TPSA) is 44.3 Å². The summed E-state index contributed by atoms with van der Waals surface area (Å²) >= 11 is 0. The first-order valence-corrected chi connectivity index (χ1v) is 6.70. The van der Waals surface area contributed by atoms with Crippen LogP contribution in [0.25, 0.3) is 0 Å². The number of hydrogen-bond donors (Lipinski definition) is 3. The third kappa shape index (κ3) is 2.55. The van der Waals surface area contributed by atoms with Crippen molar-refractivity contribution in [3.05, 3.63) is 17.7 Å². The van der Waals surface area contributed by atoms with Crippen LogP contribution in [0, 0.1) is 0 Å². The summed E-state index contributed by atoms with van der Waals surface area (Å²) in [7, 11) is 0. The molecular formula is C15H24N2O. The first-order chi connectivity index (χ1) is 8.28. The van der Waals surface area contributed by atoms with E-state index in [2.05, 4.69) is 45.3 Å². The van der Waals surface area contributed by atoms with E-state index >= 15 is 0 Å². The van der Waals surface area contributed by atoms with Crippen LogP contribution in [0.5, 0.6) is 5.75 Å². The summed E-state index contributed by atoms with van der Waals surface area (Å²) in [5.41, 5.74) is 3.26. The van der Waals surface area contributed by atoms with Crippen molar-refractivity contribution in [1.82, 2.24) is 0 Å².